The Morgan fingerprint density at radius 2 is 2.10 bits per heavy atom. The number of nitrogens with zero attached hydrogens (tertiary/aromatic N) is 1. The number of anilines is 1. The van der Waals surface area contributed by atoms with Crippen LogP contribution in [0.5, 0.6) is 0 Å². The van der Waals surface area contributed by atoms with Gasteiger partial charge < -0.3 is 10.2 Å². The smallest absolute Gasteiger partial charge is 0.304 e. The maximum absolute atomic E-state index is 12.0. The summed E-state index contributed by atoms with van der Waals surface area (Å²) in [5, 5.41) is 17.4. The molecule has 1 rings (SSSR count). The summed E-state index contributed by atoms with van der Waals surface area (Å²) in [6.07, 6.45) is 1.00. The molecule has 7 nitrogen and oxygen atoms in total. The first kappa shape index (κ1) is 17.4. The van der Waals surface area contributed by atoms with Crippen molar-refractivity contribution in [2.45, 2.75) is 19.3 Å². The maximum Gasteiger partial charge on any atom is 0.304 e. The zero-order valence-electron chi connectivity index (χ0n) is 11.8. The van der Waals surface area contributed by atoms with E-state index >= 15 is 0 Å². The maximum atomic E-state index is 12.0. The molecule has 0 saturated heterocycles. The lowest BCUT2D eigenvalue weighted by Crippen LogP contribution is -2.34. The van der Waals surface area contributed by atoms with Gasteiger partial charge in [0.25, 0.3) is 0 Å². The Kier molecular flexibility index (Phi) is 6.60. The van der Waals surface area contributed by atoms with Crippen molar-refractivity contribution in [2.24, 2.45) is 0 Å². The number of aliphatic hydroxyl groups excluding tert-OH is 1. The fourth-order valence-corrected chi connectivity index (χ4v) is 2.59. The highest BCUT2D eigenvalue weighted by Gasteiger charge is 2.18. The number of aryl methyl sites for hydroxylation is 1. The molecule has 0 unspecified atom stereocenters. The van der Waals surface area contributed by atoms with Crippen molar-refractivity contribution in [3.8, 4) is 0 Å². The van der Waals surface area contributed by atoms with Crippen molar-refractivity contribution in [2.75, 3.05) is 24.9 Å². The van der Waals surface area contributed by atoms with E-state index in [-0.39, 0.29) is 19.6 Å². The number of hydrogen-bond acceptors (Lipinski definition) is 4. The number of rotatable bonds is 9. The molecular weight excluding hydrogens is 296 g/mol. The molecule has 0 aromatic heterocycles. The molecule has 3 N–H and O–H groups in total. The van der Waals surface area contributed by atoms with Crippen molar-refractivity contribution in [1.82, 2.24) is 4.31 Å². The second kappa shape index (κ2) is 7.96. The summed E-state index contributed by atoms with van der Waals surface area (Å²) in [5.41, 5.74) is 1.32. The minimum atomic E-state index is -3.78. The summed E-state index contributed by atoms with van der Waals surface area (Å²) < 4.78 is 27.4. The first-order chi connectivity index (χ1) is 9.85. The first-order valence-electron chi connectivity index (χ1n) is 6.51. The largest absolute Gasteiger partial charge is 0.481 e. The van der Waals surface area contributed by atoms with Gasteiger partial charge in [-0.3, -0.25) is 9.52 Å². The van der Waals surface area contributed by atoms with Crippen LogP contribution in [-0.4, -0.2) is 49.1 Å². The normalized spacial score (nSPS) is 11.6. The summed E-state index contributed by atoms with van der Waals surface area (Å²) in [6.45, 7) is -0.0250. The summed E-state index contributed by atoms with van der Waals surface area (Å²) in [6, 6.07) is 6.88. The second-order valence-electron chi connectivity index (χ2n) is 4.60. The molecule has 8 heteroatoms. The van der Waals surface area contributed by atoms with Crippen molar-refractivity contribution in [3.63, 3.8) is 0 Å². The van der Waals surface area contributed by atoms with E-state index in [0.29, 0.717) is 18.5 Å². The van der Waals surface area contributed by atoms with Gasteiger partial charge in [-0.25, -0.2) is 0 Å². The van der Waals surface area contributed by atoms with Crippen LogP contribution >= 0.6 is 0 Å². The van der Waals surface area contributed by atoms with Crippen LogP contribution in [0.3, 0.4) is 0 Å². The molecule has 0 radical (unpaired) electrons. The van der Waals surface area contributed by atoms with Crippen LogP contribution < -0.4 is 4.72 Å². The molecule has 0 spiro atoms. The molecule has 0 aliphatic carbocycles. The standard InChI is InChI=1S/C13H20N2O5S/c1-15(8-7-13(17)18)21(19,20)14-12-6-2-4-11(10-12)5-3-9-16/h2,4,6,10,14,16H,3,5,7-9H2,1H3,(H,17,18). The van der Waals surface area contributed by atoms with E-state index in [9.17, 15) is 13.2 Å². The lowest BCUT2D eigenvalue weighted by Gasteiger charge is -2.17. The third-order valence-corrected chi connectivity index (χ3v) is 4.35. The third kappa shape index (κ3) is 6.11. The summed E-state index contributed by atoms with van der Waals surface area (Å²) in [4.78, 5) is 10.5. The molecule has 0 atom stereocenters. The van der Waals surface area contributed by atoms with Crippen LogP contribution in [0.2, 0.25) is 0 Å². The van der Waals surface area contributed by atoms with E-state index in [2.05, 4.69) is 4.72 Å². The Morgan fingerprint density at radius 3 is 2.71 bits per heavy atom. The zero-order valence-corrected chi connectivity index (χ0v) is 12.6. The lowest BCUT2D eigenvalue weighted by atomic mass is 10.1. The number of hydrogen-bond donors (Lipinski definition) is 3. The summed E-state index contributed by atoms with van der Waals surface area (Å²) in [5.74, 6) is -1.05. The number of nitrogens with one attached hydrogen (secondary N) is 1. The number of carbonyl (C=O) groups is 1. The van der Waals surface area contributed by atoms with Crippen molar-refractivity contribution in [3.05, 3.63) is 29.8 Å². The Balaban J connectivity index is 2.72. The predicted octanol–water partition coefficient (Wildman–Crippen LogP) is 0.675. The van der Waals surface area contributed by atoms with E-state index < -0.39 is 16.2 Å². The average molecular weight is 316 g/mol. The molecule has 0 saturated carbocycles. The Hall–Kier alpha value is -1.64. The van der Waals surface area contributed by atoms with Crippen LogP contribution in [0.15, 0.2) is 24.3 Å². The van der Waals surface area contributed by atoms with E-state index in [1.54, 1.807) is 18.2 Å². The molecule has 1 aromatic rings. The molecule has 0 aliphatic rings. The van der Waals surface area contributed by atoms with Crippen molar-refractivity contribution < 1.29 is 23.4 Å². The van der Waals surface area contributed by atoms with E-state index in [4.69, 9.17) is 10.2 Å². The van der Waals surface area contributed by atoms with Gasteiger partial charge in [-0.05, 0) is 30.5 Å². The molecule has 21 heavy (non-hydrogen) atoms. The average Bonchev–Trinajstić information content (AvgIpc) is 2.42. The van der Waals surface area contributed by atoms with Gasteiger partial charge in [-0.1, -0.05) is 12.1 Å². The van der Waals surface area contributed by atoms with Crippen LogP contribution in [-0.2, 0) is 21.4 Å². The van der Waals surface area contributed by atoms with Crippen molar-refractivity contribution in [1.29, 1.82) is 0 Å². The van der Waals surface area contributed by atoms with Gasteiger partial charge >= 0.3 is 16.2 Å². The molecular formula is C13H20N2O5S. The predicted molar refractivity (Wildman–Crippen MR) is 79.3 cm³/mol. The van der Waals surface area contributed by atoms with Gasteiger partial charge in [0.05, 0.1) is 12.1 Å². The van der Waals surface area contributed by atoms with Gasteiger partial charge in [0.1, 0.15) is 0 Å². The lowest BCUT2D eigenvalue weighted by molar-refractivity contribution is -0.137. The van der Waals surface area contributed by atoms with Crippen molar-refractivity contribution >= 4 is 21.9 Å². The van der Waals surface area contributed by atoms with Gasteiger partial charge in [-0.15, -0.1) is 0 Å². The SMILES string of the molecule is CN(CCC(=O)O)S(=O)(=O)Nc1cccc(CCCO)c1. The summed E-state index contributed by atoms with van der Waals surface area (Å²) in [7, 11) is -2.46. The fraction of sp³-hybridized carbons (Fsp3) is 0.462. The minimum Gasteiger partial charge on any atom is -0.481 e. The number of benzene rings is 1. The monoisotopic (exact) mass is 316 g/mol. The zero-order chi connectivity index (χ0) is 15.9. The molecule has 1 aromatic carbocycles. The molecule has 0 fully saturated rings. The van der Waals surface area contributed by atoms with Crippen LogP contribution in [0.4, 0.5) is 5.69 Å². The first-order valence-corrected chi connectivity index (χ1v) is 7.95. The third-order valence-electron chi connectivity index (χ3n) is 2.85. The highest BCUT2D eigenvalue weighted by atomic mass is 32.2. The topological polar surface area (TPSA) is 107 Å². The van der Waals surface area contributed by atoms with Crippen LogP contribution in [0.25, 0.3) is 0 Å². The molecule has 118 valence electrons. The quantitative estimate of drug-likeness (QED) is 0.621. The Bertz CT molecular complexity index is 574. The van der Waals surface area contributed by atoms with Gasteiger partial charge in [0, 0.05) is 20.2 Å². The van der Waals surface area contributed by atoms with Crippen LogP contribution in [0.1, 0.15) is 18.4 Å². The number of carboxylic acid groups (broad SMARTS) is 1. The molecule has 0 heterocycles. The van der Waals surface area contributed by atoms with Crippen LogP contribution in [0, 0.1) is 0 Å². The highest BCUT2D eigenvalue weighted by molar-refractivity contribution is 7.90. The second-order valence-corrected chi connectivity index (χ2v) is 6.38. The number of carboxylic acids is 1. The Labute approximate surface area is 124 Å². The highest BCUT2D eigenvalue weighted by Crippen LogP contribution is 2.15. The summed E-state index contributed by atoms with van der Waals surface area (Å²) >= 11 is 0. The van der Waals surface area contributed by atoms with E-state index in [0.717, 1.165) is 9.87 Å². The Morgan fingerprint density at radius 1 is 1.38 bits per heavy atom. The molecule has 0 bridgehead atoms. The van der Waals surface area contributed by atoms with Gasteiger partial charge in [-0.2, -0.15) is 12.7 Å². The van der Waals surface area contributed by atoms with Gasteiger partial charge in [0.2, 0.25) is 0 Å². The molecule has 0 amide bonds. The fourth-order valence-electron chi connectivity index (χ4n) is 1.67. The number of aliphatic hydroxyl groups is 1. The van der Waals surface area contributed by atoms with Gasteiger partial charge in [0.15, 0.2) is 0 Å². The van der Waals surface area contributed by atoms with E-state index in [1.807, 2.05) is 6.07 Å². The number of aliphatic carboxylic acids is 1. The molecule has 0 aliphatic heterocycles. The minimum absolute atomic E-state index is 0.0773. The van der Waals surface area contributed by atoms with E-state index in [1.165, 1.54) is 7.05 Å².